The first kappa shape index (κ1) is 35.4. The molecule has 0 unspecified atom stereocenters. The standard InChI is InChI=1S/C33H45N9O6/c1-33(2,3)48-32(45)42-15-10-13-40(42)12-8-9-16-47-25-19-21(29(35)43)17-23(34)27(25)38-11-6-7-14-41-28-24(39-31(41)37-4)18-22(30(36)44)20-26(28)46-5/h6-9,17-20,38H,10-16,34H2,1-5H3,(H2,35,43)(H2,36,44)(H,37,39)/b7-6+,9-8+. The first-order chi connectivity index (χ1) is 22.8. The average Bonchev–Trinajstić information content (AvgIpc) is 3.64. The van der Waals surface area contributed by atoms with Crippen molar-refractivity contribution < 1.29 is 28.6 Å². The molecule has 0 saturated carbocycles. The molecule has 1 saturated heterocycles. The Morgan fingerprint density at radius 2 is 1.65 bits per heavy atom. The van der Waals surface area contributed by atoms with Crippen LogP contribution >= 0.6 is 0 Å². The van der Waals surface area contributed by atoms with E-state index >= 15 is 0 Å². The van der Waals surface area contributed by atoms with Crippen molar-refractivity contribution in [2.75, 3.05) is 63.3 Å². The predicted octanol–water partition coefficient (Wildman–Crippen LogP) is 3.33. The number of anilines is 3. The molecule has 2 aromatic carbocycles. The van der Waals surface area contributed by atoms with Crippen LogP contribution < -0.4 is 37.3 Å². The Labute approximate surface area is 279 Å². The fraction of sp³-hybridized carbons (Fsp3) is 0.394. The van der Waals surface area contributed by atoms with E-state index in [0.29, 0.717) is 71.6 Å². The van der Waals surface area contributed by atoms with Crippen molar-refractivity contribution in [3.05, 3.63) is 59.7 Å². The van der Waals surface area contributed by atoms with Crippen LogP contribution in [0.5, 0.6) is 11.5 Å². The maximum Gasteiger partial charge on any atom is 0.424 e. The molecule has 1 aliphatic heterocycles. The van der Waals surface area contributed by atoms with Gasteiger partial charge in [-0.1, -0.05) is 24.3 Å². The lowest BCUT2D eigenvalue weighted by molar-refractivity contribution is -0.0217. The minimum atomic E-state index is -0.629. The van der Waals surface area contributed by atoms with Gasteiger partial charge in [0, 0.05) is 50.9 Å². The Balaban J connectivity index is 1.41. The molecule has 0 aliphatic carbocycles. The van der Waals surface area contributed by atoms with Crippen molar-refractivity contribution in [1.82, 2.24) is 19.6 Å². The highest BCUT2D eigenvalue weighted by Gasteiger charge is 2.29. The number of hydrazine groups is 1. The first-order valence-corrected chi connectivity index (χ1v) is 15.5. The van der Waals surface area contributed by atoms with E-state index in [1.807, 2.05) is 54.7 Å². The molecule has 8 N–H and O–H groups in total. The summed E-state index contributed by atoms with van der Waals surface area (Å²) in [6.45, 7) is 8.36. The summed E-state index contributed by atoms with van der Waals surface area (Å²) < 4.78 is 19.0. The summed E-state index contributed by atoms with van der Waals surface area (Å²) in [5.74, 6) is 0.223. The maximum absolute atomic E-state index is 12.6. The Hall–Kier alpha value is -5.44. The summed E-state index contributed by atoms with van der Waals surface area (Å²) in [6, 6.07) is 6.27. The third kappa shape index (κ3) is 8.67. The fourth-order valence-corrected chi connectivity index (χ4v) is 5.18. The van der Waals surface area contributed by atoms with Crippen molar-refractivity contribution in [3.8, 4) is 11.5 Å². The second kappa shape index (κ2) is 15.4. The molecule has 258 valence electrons. The van der Waals surface area contributed by atoms with Crippen LogP contribution in [0.1, 0.15) is 47.9 Å². The normalized spacial score (nSPS) is 13.8. The monoisotopic (exact) mass is 663 g/mol. The highest BCUT2D eigenvalue weighted by Crippen LogP contribution is 2.33. The van der Waals surface area contributed by atoms with Crippen molar-refractivity contribution in [3.63, 3.8) is 0 Å². The Morgan fingerprint density at radius 1 is 0.958 bits per heavy atom. The molecule has 15 nitrogen and oxygen atoms in total. The second-order valence-electron chi connectivity index (χ2n) is 12.0. The third-order valence-electron chi connectivity index (χ3n) is 7.35. The molecule has 3 amide bonds. The number of aromatic nitrogens is 2. The van der Waals surface area contributed by atoms with Gasteiger partial charge in [0.05, 0.1) is 18.3 Å². The van der Waals surface area contributed by atoms with Gasteiger partial charge in [-0.05, 0) is 51.5 Å². The van der Waals surface area contributed by atoms with Crippen LogP contribution in [0, 0.1) is 0 Å². The number of hydrogen-bond donors (Lipinski definition) is 5. The zero-order valence-corrected chi connectivity index (χ0v) is 28.0. The number of rotatable bonds is 14. The zero-order chi connectivity index (χ0) is 35.0. The lowest BCUT2D eigenvalue weighted by Crippen LogP contribution is -2.44. The molecule has 1 fully saturated rings. The Kier molecular flexibility index (Phi) is 11.4. The molecule has 0 atom stereocenters. The molecular formula is C33H45N9O6. The smallest absolute Gasteiger partial charge is 0.424 e. The number of imidazole rings is 1. The molecule has 1 aliphatic rings. The van der Waals surface area contributed by atoms with E-state index in [0.717, 1.165) is 13.0 Å². The topological polar surface area (TPSA) is 205 Å². The molecule has 0 spiro atoms. The van der Waals surface area contributed by atoms with Crippen molar-refractivity contribution in [2.24, 2.45) is 11.5 Å². The van der Waals surface area contributed by atoms with Gasteiger partial charge in [0.15, 0.2) is 0 Å². The number of allylic oxidation sites excluding steroid dienone is 1. The van der Waals surface area contributed by atoms with Gasteiger partial charge in [0.25, 0.3) is 0 Å². The van der Waals surface area contributed by atoms with Gasteiger partial charge >= 0.3 is 6.09 Å². The largest absolute Gasteiger partial charge is 0.494 e. The van der Waals surface area contributed by atoms with E-state index in [9.17, 15) is 14.4 Å². The summed E-state index contributed by atoms with van der Waals surface area (Å²) in [5, 5.41) is 9.88. The quantitative estimate of drug-likeness (QED) is 0.125. The van der Waals surface area contributed by atoms with E-state index in [2.05, 4.69) is 15.6 Å². The van der Waals surface area contributed by atoms with Gasteiger partial charge in [-0.25, -0.2) is 19.8 Å². The number of nitrogens with zero attached hydrogens (tertiary/aromatic N) is 4. The zero-order valence-electron chi connectivity index (χ0n) is 28.0. The van der Waals surface area contributed by atoms with Gasteiger partial charge < -0.3 is 46.6 Å². The molecule has 0 radical (unpaired) electrons. The van der Waals surface area contributed by atoms with Crippen LogP contribution in [0.3, 0.4) is 0 Å². The number of benzene rings is 2. The highest BCUT2D eigenvalue weighted by atomic mass is 16.6. The molecule has 3 aromatic rings. The molecule has 1 aromatic heterocycles. The van der Waals surface area contributed by atoms with E-state index in [1.165, 1.54) is 13.2 Å². The number of fused-ring (bicyclic) bond motifs is 1. The lowest BCUT2D eigenvalue weighted by Gasteiger charge is -2.29. The Morgan fingerprint density at radius 3 is 2.31 bits per heavy atom. The van der Waals surface area contributed by atoms with Gasteiger partial charge in [-0.2, -0.15) is 0 Å². The molecule has 48 heavy (non-hydrogen) atoms. The minimum Gasteiger partial charge on any atom is -0.494 e. The molecule has 15 heteroatoms. The van der Waals surface area contributed by atoms with Crippen LogP contribution in [0.4, 0.5) is 22.1 Å². The van der Waals surface area contributed by atoms with Gasteiger partial charge in [0.2, 0.25) is 17.8 Å². The lowest BCUT2D eigenvalue weighted by atomic mass is 10.1. The molecule has 2 heterocycles. The summed E-state index contributed by atoms with van der Waals surface area (Å²) in [5.41, 5.74) is 19.4. The fourth-order valence-electron chi connectivity index (χ4n) is 5.18. The number of hydrogen-bond acceptors (Lipinski definition) is 11. The van der Waals surface area contributed by atoms with Crippen LogP contribution in [-0.2, 0) is 11.3 Å². The number of nitrogens with two attached hydrogens (primary N) is 3. The number of carbonyl (C=O) groups excluding carboxylic acids is 3. The SMILES string of the molecule is CNc1nc2cc(C(N)=O)cc(OC)c2n1C/C=C/CNc1c(N)cc(C(N)=O)cc1OC/C=C/CN1CCCN1C(=O)OC(C)(C)C. The van der Waals surface area contributed by atoms with Crippen LogP contribution in [-0.4, -0.2) is 90.0 Å². The number of carbonyl (C=O) groups is 3. The van der Waals surface area contributed by atoms with Crippen molar-refractivity contribution in [2.45, 2.75) is 39.3 Å². The highest BCUT2D eigenvalue weighted by molar-refractivity contribution is 5.99. The molecular weight excluding hydrogens is 618 g/mol. The number of methoxy groups -OCH3 is 1. The van der Waals surface area contributed by atoms with Crippen LogP contribution in [0.25, 0.3) is 11.0 Å². The average molecular weight is 664 g/mol. The first-order valence-electron chi connectivity index (χ1n) is 15.5. The minimum absolute atomic E-state index is 0.187. The van der Waals surface area contributed by atoms with E-state index in [1.54, 1.807) is 30.3 Å². The predicted molar refractivity (Wildman–Crippen MR) is 185 cm³/mol. The number of ether oxygens (including phenoxy) is 3. The van der Waals surface area contributed by atoms with Crippen LogP contribution in [0.15, 0.2) is 48.6 Å². The third-order valence-corrected chi connectivity index (χ3v) is 7.35. The Bertz CT molecular complexity index is 1710. The van der Waals surface area contributed by atoms with Crippen LogP contribution in [0.2, 0.25) is 0 Å². The van der Waals surface area contributed by atoms with Gasteiger partial charge in [0.1, 0.15) is 34.9 Å². The molecule has 0 bridgehead atoms. The number of nitrogens with one attached hydrogen (secondary N) is 2. The van der Waals surface area contributed by atoms with Gasteiger partial charge in [-0.3, -0.25) is 9.59 Å². The summed E-state index contributed by atoms with van der Waals surface area (Å²) >= 11 is 0. The van der Waals surface area contributed by atoms with Crippen molar-refractivity contribution >= 4 is 46.3 Å². The number of nitrogen functional groups attached to an aromatic ring is 1. The maximum atomic E-state index is 12.6. The molecule has 4 rings (SSSR count). The van der Waals surface area contributed by atoms with E-state index in [-0.39, 0.29) is 18.3 Å². The summed E-state index contributed by atoms with van der Waals surface area (Å²) in [6.07, 6.45) is 8.07. The summed E-state index contributed by atoms with van der Waals surface area (Å²) in [7, 11) is 3.28. The van der Waals surface area contributed by atoms with E-state index in [4.69, 9.17) is 31.4 Å². The van der Waals surface area contributed by atoms with E-state index < -0.39 is 17.4 Å². The van der Waals surface area contributed by atoms with Gasteiger partial charge in [-0.15, -0.1) is 0 Å². The number of amides is 3. The number of primary amides is 2. The summed E-state index contributed by atoms with van der Waals surface area (Å²) in [4.78, 5) is 40.8. The second-order valence-corrected chi connectivity index (χ2v) is 12.0. The van der Waals surface area contributed by atoms with Crippen molar-refractivity contribution in [1.29, 1.82) is 0 Å².